The minimum Gasteiger partial charge on any atom is -0.368 e. The van der Waals surface area contributed by atoms with Crippen LogP contribution in [0.25, 0.3) is 22.5 Å². The molecule has 0 unspecified atom stereocenters. The average molecular weight is 437 g/mol. The number of nitrogens with zero attached hydrogens (tertiary/aromatic N) is 4. The first kappa shape index (κ1) is 21.2. The molecule has 1 aromatic carbocycles. The predicted molar refractivity (Wildman–Crippen MR) is 123 cm³/mol. The van der Waals surface area contributed by atoms with Gasteiger partial charge in [-0.15, -0.1) is 0 Å². The first-order chi connectivity index (χ1) is 15.0. The fourth-order valence-electron chi connectivity index (χ4n) is 4.03. The molecule has 0 saturated carbocycles. The molecular weight excluding hydrogens is 412 g/mol. The summed E-state index contributed by atoms with van der Waals surface area (Å²) in [4.78, 5) is 28.1. The van der Waals surface area contributed by atoms with Crippen molar-refractivity contribution in [3.63, 3.8) is 0 Å². The summed E-state index contributed by atoms with van der Waals surface area (Å²) in [6, 6.07) is 11.4. The molecule has 2 aromatic heterocycles. The number of amides is 1. The van der Waals surface area contributed by atoms with Crippen molar-refractivity contribution < 1.29 is 4.79 Å². The van der Waals surface area contributed by atoms with E-state index in [1.165, 1.54) is 0 Å². The van der Waals surface area contributed by atoms with E-state index in [9.17, 15) is 4.79 Å². The summed E-state index contributed by atoms with van der Waals surface area (Å²) in [6.07, 6.45) is 6.53. The molecule has 0 radical (unpaired) electrons. The monoisotopic (exact) mass is 436 g/mol. The van der Waals surface area contributed by atoms with Crippen molar-refractivity contribution in [2.75, 3.05) is 24.5 Å². The Morgan fingerprint density at radius 3 is 2.35 bits per heavy atom. The van der Waals surface area contributed by atoms with Crippen LogP contribution in [-0.2, 0) is 4.79 Å². The Kier molecular flexibility index (Phi) is 6.15. The Hall–Kier alpha value is -3.03. The summed E-state index contributed by atoms with van der Waals surface area (Å²) >= 11 is 6.06. The Morgan fingerprint density at radius 2 is 1.74 bits per heavy atom. The van der Waals surface area contributed by atoms with Crippen LogP contribution >= 0.6 is 11.6 Å². The molecule has 0 bridgehead atoms. The van der Waals surface area contributed by atoms with Gasteiger partial charge in [0, 0.05) is 41.6 Å². The number of hydrogen-bond donors (Lipinski definition) is 2. The van der Waals surface area contributed by atoms with Crippen LogP contribution in [-0.4, -0.2) is 46.0 Å². The molecule has 1 amide bonds. The van der Waals surface area contributed by atoms with E-state index >= 15 is 0 Å². The molecule has 4 rings (SSSR count). The zero-order valence-electron chi connectivity index (χ0n) is 17.4. The lowest BCUT2D eigenvalue weighted by Gasteiger charge is -2.40. The molecule has 160 valence electrons. The largest absolute Gasteiger partial charge is 0.368 e. The standard InChI is InChI=1S/C23H25ClN6O/c1-2-28-23(22(25)31)9-13-30(14-10-23)19-15-27-20(16-3-5-18(24)6-4-16)21(29-19)17-7-11-26-12-8-17/h3-8,11-12,15,28H,2,9-10,13-14H2,1H3,(H2,25,31). The Bertz CT molecular complexity index is 1050. The van der Waals surface area contributed by atoms with E-state index in [1.807, 2.05) is 43.3 Å². The maximum Gasteiger partial charge on any atom is 0.237 e. The fraction of sp³-hybridized carbons (Fsp3) is 0.304. The van der Waals surface area contributed by atoms with Crippen LogP contribution in [0.1, 0.15) is 19.8 Å². The number of aromatic nitrogens is 3. The normalized spacial score (nSPS) is 15.6. The number of piperidine rings is 1. The summed E-state index contributed by atoms with van der Waals surface area (Å²) in [5, 5.41) is 3.96. The lowest BCUT2D eigenvalue weighted by molar-refractivity contribution is -0.125. The lowest BCUT2D eigenvalue weighted by Crippen LogP contribution is -2.61. The molecule has 0 atom stereocenters. The highest BCUT2D eigenvalue weighted by atomic mass is 35.5. The van der Waals surface area contributed by atoms with Crippen LogP contribution in [0.5, 0.6) is 0 Å². The van der Waals surface area contributed by atoms with Gasteiger partial charge in [0.05, 0.1) is 17.6 Å². The number of benzene rings is 1. The molecule has 3 heterocycles. The van der Waals surface area contributed by atoms with Gasteiger partial charge >= 0.3 is 0 Å². The Balaban J connectivity index is 1.68. The van der Waals surface area contributed by atoms with Gasteiger partial charge in [-0.2, -0.15) is 0 Å². The van der Waals surface area contributed by atoms with Crippen molar-refractivity contribution in [2.24, 2.45) is 5.73 Å². The summed E-state index contributed by atoms with van der Waals surface area (Å²) in [6.45, 7) is 4.02. The highest BCUT2D eigenvalue weighted by molar-refractivity contribution is 6.30. The first-order valence-electron chi connectivity index (χ1n) is 10.4. The van der Waals surface area contributed by atoms with E-state index in [0.717, 1.165) is 28.3 Å². The van der Waals surface area contributed by atoms with Crippen molar-refractivity contribution in [1.82, 2.24) is 20.3 Å². The first-order valence-corrected chi connectivity index (χ1v) is 10.7. The number of nitrogens with one attached hydrogen (secondary N) is 1. The van der Waals surface area contributed by atoms with Gasteiger partial charge < -0.3 is 16.0 Å². The maximum absolute atomic E-state index is 12.1. The molecule has 31 heavy (non-hydrogen) atoms. The predicted octanol–water partition coefficient (Wildman–Crippen LogP) is 3.29. The zero-order valence-corrected chi connectivity index (χ0v) is 18.1. The molecule has 7 nitrogen and oxygen atoms in total. The third-order valence-electron chi connectivity index (χ3n) is 5.76. The topological polar surface area (TPSA) is 97.0 Å². The molecular formula is C23H25ClN6O. The van der Waals surface area contributed by atoms with E-state index in [1.54, 1.807) is 18.6 Å². The van der Waals surface area contributed by atoms with Crippen molar-refractivity contribution in [1.29, 1.82) is 0 Å². The Morgan fingerprint density at radius 1 is 1.10 bits per heavy atom. The van der Waals surface area contributed by atoms with Crippen LogP contribution < -0.4 is 16.0 Å². The number of hydrogen-bond acceptors (Lipinski definition) is 6. The summed E-state index contributed by atoms with van der Waals surface area (Å²) in [5.74, 6) is 0.481. The number of nitrogens with two attached hydrogens (primary N) is 1. The average Bonchev–Trinajstić information content (AvgIpc) is 2.80. The molecule has 1 aliphatic rings. The number of carbonyl (C=O) groups is 1. The van der Waals surface area contributed by atoms with Crippen LogP contribution in [0.15, 0.2) is 55.0 Å². The van der Waals surface area contributed by atoms with Gasteiger partial charge in [-0.3, -0.25) is 14.8 Å². The van der Waals surface area contributed by atoms with E-state index < -0.39 is 5.54 Å². The van der Waals surface area contributed by atoms with Gasteiger partial charge in [-0.05, 0) is 43.7 Å². The molecule has 3 aromatic rings. The van der Waals surface area contributed by atoms with Crippen molar-refractivity contribution in [2.45, 2.75) is 25.3 Å². The van der Waals surface area contributed by atoms with E-state index in [0.29, 0.717) is 37.5 Å². The number of rotatable bonds is 6. The molecule has 0 aliphatic carbocycles. The number of primary amides is 1. The van der Waals surface area contributed by atoms with Crippen LogP contribution in [0, 0.1) is 0 Å². The number of anilines is 1. The minimum atomic E-state index is -0.657. The van der Waals surface area contributed by atoms with Gasteiger partial charge in [0.25, 0.3) is 0 Å². The molecule has 1 saturated heterocycles. The van der Waals surface area contributed by atoms with E-state index in [4.69, 9.17) is 27.3 Å². The van der Waals surface area contributed by atoms with Gasteiger partial charge in [-0.25, -0.2) is 4.98 Å². The Labute approximate surface area is 186 Å². The van der Waals surface area contributed by atoms with E-state index in [-0.39, 0.29) is 5.91 Å². The molecule has 3 N–H and O–H groups in total. The van der Waals surface area contributed by atoms with Crippen LogP contribution in [0.2, 0.25) is 5.02 Å². The van der Waals surface area contributed by atoms with Gasteiger partial charge in [0.2, 0.25) is 5.91 Å². The molecule has 1 aliphatic heterocycles. The quantitative estimate of drug-likeness (QED) is 0.615. The van der Waals surface area contributed by atoms with Crippen molar-refractivity contribution >= 4 is 23.3 Å². The summed E-state index contributed by atoms with van der Waals surface area (Å²) < 4.78 is 0. The number of likely N-dealkylation sites (N-methyl/N-ethyl adjacent to an activating group) is 1. The van der Waals surface area contributed by atoms with Crippen LogP contribution in [0.4, 0.5) is 5.82 Å². The molecule has 8 heteroatoms. The number of pyridine rings is 1. The smallest absolute Gasteiger partial charge is 0.237 e. The SMILES string of the molecule is CCNC1(C(N)=O)CCN(c2cnc(-c3ccc(Cl)cc3)c(-c3ccncc3)n2)CC1. The summed E-state index contributed by atoms with van der Waals surface area (Å²) in [5.41, 5.74) is 8.48. The fourth-order valence-corrected chi connectivity index (χ4v) is 4.15. The van der Waals surface area contributed by atoms with E-state index in [2.05, 4.69) is 15.2 Å². The third kappa shape index (κ3) is 4.38. The van der Waals surface area contributed by atoms with Crippen molar-refractivity contribution in [3.05, 3.63) is 60.0 Å². The molecule has 1 fully saturated rings. The third-order valence-corrected chi connectivity index (χ3v) is 6.01. The minimum absolute atomic E-state index is 0.296. The highest BCUT2D eigenvalue weighted by Crippen LogP contribution is 2.32. The maximum atomic E-state index is 12.1. The number of halogens is 1. The summed E-state index contributed by atoms with van der Waals surface area (Å²) in [7, 11) is 0. The van der Waals surface area contributed by atoms with Gasteiger partial charge in [0.15, 0.2) is 0 Å². The molecule has 0 spiro atoms. The highest BCUT2D eigenvalue weighted by Gasteiger charge is 2.39. The van der Waals surface area contributed by atoms with Gasteiger partial charge in [0.1, 0.15) is 11.4 Å². The van der Waals surface area contributed by atoms with Crippen molar-refractivity contribution in [3.8, 4) is 22.5 Å². The second-order valence-electron chi connectivity index (χ2n) is 7.63. The zero-order chi connectivity index (χ0) is 21.8. The number of carbonyl (C=O) groups excluding carboxylic acids is 1. The van der Waals surface area contributed by atoms with Crippen LogP contribution in [0.3, 0.4) is 0 Å². The second kappa shape index (κ2) is 8.99. The second-order valence-corrected chi connectivity index (χ2v) is 8.07. The lowest BCUT2D eigenvalue weighted by atomic mass is 9.86. The van der Waals surface area contributed by atoms with Gasteiger partial charge in [-0.1, -0.05) is 30.7 Å².